The third kappa shape index (κ3) is 2.18. The summed E-state index contributed by atoms with van der Waals surface area (Å²) in [5, 5.41) is 0. The molecule has 1 aliphatic heterocycles. The van der Waals surface area contributed by atoms with Crippen molar-refractivity contribution in [2.24, 2.45) is 4.99 Å². The van der Waals surface area contributed by atoms with E-state index in [-0.39, 0.29) is 0 Å². The molecule has 0 radical (unpaired) electrons. The molecule has 0 aromatic heterocycles. The van der Waals surface area contributed by atoms with Gasteiger partial charge in [0, 0.05) is 11.6 Å². The molecule has 2 nitrogen and oxygen atoms in total. The van der Waals surface area contributed by atoms with E-state index in [2.05, 4.69) is 17.1 Å². The van der Waals surface area contributed by atoms with Crippen LogP contribution in [0.4, 0.5) is 0 Å². The number of hydrogen-bond donors (Lipinski definition) is 0. The second-order valence-corrected chi connectivity index (χ2v) is 4.06. The van der Waals surface area contributed by atoms with Crippen molar-refractivity contribution in [1.29, 1.82) is 0 Å². The minimum atomic E-state index is 0.380. The molecule has 3 rings (SSSR count). The second-order valence-electron chi connectivity index (χ2n) is 4.06. The van der Waals surface area contributed by atoms with E-state index in [0.29, 0.717) is 6.73 Å². The largest absolute Gasteiger partial charge is 0.471 e. The van der Waals surface area contributed by atoms with Gasteiger partial charge < -0.3 is 4.74 Å². The fraction of sp³-hybridized carbons (Fsp3) is 0.0625. The highest BCUT2D eigenvalue weighted by atomic mass is 16.5. The normalized spacial score (nSPS) is 14.4. The van der Waals surface area contributed by atoms with E-state index in [1.54, 1.807) is 0 Å². The number of rotatable bonds is 2. The van der Waals surface area contributed by atoms with E-state index in [4.69, 9.17) is 4.74 Å². The van der Waals surface area contributed by atoms with Crippen molar-refractivity contribution in [3.63, 3.8) is 0 Å². The third-order valence-electron chi connectivity index (χ3n) is 2.85. The smallest absolute Gasteiger partial charge is 0.179 e. The zero-order valence-corrected chi connectivity index (χ0v) is 9.91. The molecule has 2 heteroatoms. The molecule has 0 amide bonds. The van der Waals surface area contributed by atoms with Gasteiger partial charge in [0.15, 0.2) is 6.73 Å². The predicted octanol–water partition coefficient (Wildman–Crippen LogP) is 3.50. The Labute approximate surface area is 106 Å². The summed E-state index contributed by atoms with van der Waals surface area (Å²) in [7, 11) is 0. The van der Waals surface area contributed by atoms with Crippen LogP contribution in [0.1, 0.15) is 11.1 Å². The van der Waals surface area contributed by atoms with Gasteiger partial charge in [-0.25, -0.2) is 4.99 Å². The summed E-state index contributed by atoms with van der Waals surface area (Å²) >= 11 is 0. The van der Waals surface area contributed by atoms with Crippen LogP contribution in [0.25, 0.3) is 5.76 Å². The van der Waals surface area contributed by atoms with Crippen molar-refractivity contribution in [2.45, 2.75) is 0 Å². The highest BCUT2D eigenvalue weighted by Crippen LogP contribution is 2.20. The summed E-state index contributed by atoms with van der Waals surface area (Å²) in [5.41, 5.74) is 3.18. The molecule has 0 aliphatic carbocycles. The average molecular weight is 235 g/mol. The molecular formula is C16H13NO. The van der Waals surface area contributed by atoms with Crippen LogP contribution in [0.5, 0.6) is 0 Å². The fourth-order valence-corrected chi connectivity index (χ4v) is 1.94. The first-order valence-corrected chi connectivity index (χ1v) is 5.93. The van der Waals surface area contributed by atoms with Gasteiger partial charge in [-0.1, -0.05) is 60.7 Å². The molecule has 0 spiro atoms. The molecule has 0 saturated heterocycles. The van der Waals surface area contributed by atoms with Crippen LogP contribution in [0.3, 0.4) is 0 Å². The second kappa shape index (κ2) is 4.88. The summed E-state index contributed by atoms with van der Waals surface area (Å²) in [4.78, 5) is 4.39. The molecule has 2 aromatic carbocycles. The Morgan fingerprint density at radius 2 is 1.39 bits per heavy atom. The van der Waals surface area contributed by atoms with Gasteiger partial charge in [0.25, 0.3) is 0 Å². The highest BCUT2D eigenvalue weighted by Gasteiger charge is 2.10. The molecule has 0 unspecified atom stereocenters. The van der Waals surface area contributed by atoms with Crippen molar-refractivity contribution < 1.29 is 4.74 Å². The van der Waals surface area contributed by atoms with Crippen molar-refractivity contribution in [1.82, 2.24) is 0 Å². The Morgan fingerprint density at radius 3 is 2.06 bits per heavy atom. The first-order valence-electron chi connectivity index (χ1n) is 5.93. The Kier molecular flexibility index (Phi) is 2.92. The molecule has 88 valence electrons. The number of aliphatic imine (C=N–C) groups is 1. The van der Waals surface area contributed by atoms with Crippen molar-refractivity contribution in [2.75, 3.05) is 6.73 Å². The topological polar surface area (TPSA) is 21.6 Å². The van der Waals surface area contributed by atoms with E-state index in [9.17, 15) is 0 Å². The van der Waals surface area contributed by atoms with Crippen LogP contribution in [0.2, 0.25) is 0 Å². The van der Waals surface area contributed by atoms with Gasteiger partial charge in [-0.05, 0) is 5.56 Å². The van der Waals surface area contributed by atoms with Crippen LogP contribution >= 0.6 is 0 Å². The van der Waals surface area contributed by atoms with Crippen molar-refractivity contribution in [3.8, 4) is 0 Å². The molecule has 0 bridgehead atoms. The molecule has 1 aliphatic rings. The Hall–Kier alpha value is -2.35. The standard InChI is InChI=1S/C16H13NO/c1-3-7-13(8-4-1)15-11-16(18-12-17-15)14-9-5-2-6-10-14/h1-11H,12H2. The van der Waals surface area contributed by atoms with Crippen LogP contribution in [0.15, 0.2) is 71.7 Å². The van der Waals surface area contributed by atoms with Crippen LogP contribution < -0.4 is 0 Å². The van der Waals surface area contributed by atoms with Gasteiger partial charge in [-0.3, -0.25) is 0 Å². The molecule has 0 atom stereocenters. The lowest BCUT2D eigenvalue weighted by Crippen LogP contribution is -2.07. The molecule has 0 saturated carbocycles. The number of benzene rings is 2. The van der Waals surface area contributed by atoms with Crippen LogP contribution in [-0.2, 0) is 4.74 Å². The van der Waals surface area contributed by atoms with Gasteiger partial charge in [0.05, 0.1) is 5.71 Å². The molecule has 0 fully saturated rings. The van der Waals surface area contributed by atoms with Gasteiger partial charge in [-0.15, -0.1) is 0 Å². The predicted molar refractivity (Wildman–Crippen MR) is 73.4 cm³/mol. The maximum absolute atomic E-state index is 5.59. The van der Waals surface area contributed by atoms with E-state index in [1.165, 1.54) is 0 Å². The molecule has 18 heavy (non-hydrogen) atoms. The lowest BCUT2D eigenvalue weighted by Gasteiger charge is -2.15. The van der Waals surface area contributed by atoms with Crippen LogP contribution in [0, 0.1) is 0 Å². The zero-order valence-electron chi connectivity index (χ0n) is 9.91. The minimum absolute atomic E-state index is 0.380. The summed E-state index contributed by atoms with van der Waals surface area (Å²) in [6.45, 7) is 0.380. The van der Waals surface area contributed by atoms with Crippen molar-refractivity contribution >= 4 is 11.5 Å². The number of hydrogen-bond acceptors (Lipinski definition) is 2. The Bertz CT molecular complexity index is 585. The summed E-state index contributed by atoms with van der Waals surface area (Å²) < 4.78 is 5.59. The van der Waals surface area contributed by atoms with Crippen LogP contribution in [-0.4, -0.2) is 12.4 Å². The molecular weight excluding hydrogens is 222 g/mol. The van der Waals surface area contributed by atoms with Gasteiger partial charge in [0.2, 0.25) is 0 Å². The number of ether oxygens (including phenoxy) is 1. The van der Waals surface area contributed by atoms with Crippen molar-refractivity contribution in [3.05, 3.63) is 77.9 Å². The van der Waals surface area contributed by atoms with Gasteiger partial charge in [0.1, 0.15) is 5.76 Å². The van der Waals surface area contributed by atoms with Gasteiger partial charge >= 0.3 is 0 Å². The lowest BCUT2D eigenvalue weighted by atomic mass is 10.1. The number of allylic oxidation sites excluding steroid dienone is 1. The van der Waals surface area contributed by atoms with E-state index >= 15 is 0 Å². The quantitative estimate of drug-likeness (QED) is 0.780. The third-order valence-corrected chi connectivity index (χ3v) is 2.85. The number of nitrogens with zero attached hydrogens (tertiary/aromatic N) is 1. The first kappa shape index (κ1) is 10.8. The average Bonchev–Trinajstić information content (AvgIpc) is 2.49. The summed E-state index contributed by atoms with van der Waals surface area (Å²) in [6.07, 6.45) is 1.99. The van der Waals surface area contributed by atoms with Gasteiger partial charge in [-0.2, -0.15) is 0 Å². The van der Waals surface area contributed by atoms with E-state index in [1.807, 2.05) is 54.6 Å². The molecule has 1 heterocycles. The highest BCUT2D eigenvalue weighted by molar-refractivity contribution is 6.12. The molecule has 0 N–H and O–H groups in total. The Balaban J connectivity index is 1.95. The summed E-state index contributed by atoms with van der Waals surface area (Å²) in [6, 6.07) is 20.3. The lowest BCUT2D eigenvalue weighted by molar-refractivity contribution is 0.286. The maximum Gasteiger partial charge on any atom is 0.179 e. The SMILES string of the molecule is C1=C(c2ccccc2)OCN=C1c1ccccc1. The first-order chi connectivity index (χ1) is 8.93. The molecule has 2 aromatic rings. The maximum atomic E-state index is 5.59. The monoisotopic (exact) mass is 235 g/mol. The Morgan fingerprint density at radius 1 is 0.778 bits per heavy atom. The fourth-order valence-electron chi connectivity index (χ4n) is 1.94. The minimum Gasteiger partial charge on any atom is -0.471 e. The zero-order chi connectivity index (χ0) is 12.2. The van der Waals surface area contributed by atoms with E-state index < -0.39 is 0 Å². The summed E-state index contributed by atoms with van der Waals surface area (Å²) in [5.74, 6) is 0.879. The van der Waals surface area contributed by atoms with E-state index in [0.717, 1.165) is 22.6 Å².